The fourth-order valence-corrected chi connectivity index (χ4v) is 1.47. The van der Waals surface area contributed by atoms with E-state index in [1.807, 2.05) is 0 Å². The number of aromatic nitrogens is 2. The van der Waals surface area contributed by atoms with E-state index >= 15 is 0 Å². The highest BCUT2D eigenvalue weighted by Gasteiger charge is 2.09. The van der Waals surface area contributed by atoms with Gasteiger partial charge in [0, 0.05) is 12.1 Å². The molecule has 0 saturated heterocycles. The van der Waals surface area contributed by atoms with Crippen LogP contribution in [0.1, 0.15) is 39.2 Å². The topological polar surface area (TPSA) is 38.0 Å². The van der Waals surface area contributed by atoms with Gasteiger partial charge in [-0.1, -0.05) is 27.2 Å². The molecule has 1 rings (SSSR count). The van der Waals surface area contributed by atoms with Crippen LogP contribution in [0, 0.1) is 5.92 Å². The van der Waals surface area contributed by atoms with E-state index in [1.165, 1.54) is 0 Å². The summed E-state index contributed by atoms with van der Waals surface area (Å²) in [4.78, 5) is 0. The Kier molecular flexibility index (Phi) is 3.98. The van der Waals surface area contributed by atoms with Crippen molar-refractivity contribution in [1.29, 1.82) is 0 Å². The monoisotopic (exact) mass is 196 g/mol. The zero-order chi connectivity index (χ0) is 10.6. The van der Waals surface area contributed by atoms with Gasteiger partial charge in [0.05, 0.1) is 6.20 Å². The fraction of sp³-hybridized carbons (Fsp3) is 0.727. The van der Waals surface area contributed by atoms with Crippen LogP contribution >= 0.6 is 0 Å². The molecule has 3 nitrogen and oxygen atoms in total. The zero-order valence-corrected chi connectivity index (χ0v) is 9.32. The molecule has 0 atom stereocenters. The molecular weight excluding hydrogens is 176 g/mol. The first-order chi connectivity index (χ1) is 6.65. The summed E-state index contributed by atoms with van der Waals surface area (Å²) in [6.07, 6.45) is 4.87. The minimum atomic E-state index is 0.354. The van der Waals surface area contributed by atoms with Gasteiger partial charge in [-0.25, -0.2) is 4.68 Å². The molecule has 1 heterocycles. The minimum absolute atomic E-state index is 0.354. The predicted octanol–water partition coefficient (Wildman–Crippen LogP) is 2.59. The third kappa shape index (κ3) is 2.76. The lowest BCUT2D eigenvalue weighted by molar-refractivity contribution is 0.387. The van der Waals surface area contributed by atoms with Gasteiger partial charge in [0.1, 0.15) is 0 Å². The molecule has 0 aromatic carbocycles. The van der Waals surface area contributed by atoms with Gasteiger partial charge in [-0.3, -0.25) is 0 Å². The van der Waals surface area contributed by atoms with Crippen molar-refractivity contribution in [3.63, 3.8) is 0 Å². The van der Waals surface area contributed by atoms with Gasteiger partial charge in [-0.05, 0) is 18.8 Å². The average molecular weight is 196 g/mol. The Balaban J connectivity index is 2.65. The fourth-order valence-electron chi connectivity index (χ4n) is 1.47. The predicted molar refractivity (Wildman–Crippen MR) is 57.3 cm³/mol. The molecule has 0 radical (unpaired) electrons. The molecule has 1 N–H and O–H groups in total. The van der Waals surface area contributed by atoms with Crippen LogP contribution < -0.4 is 0 Å². The smallest absolute Gasteiger partial charge is 0.212 e. The maximum atomic E-state index is 9.80. The standard InChI is InChI=1S/C11H20N2O/c1-4-5-6-13-11(14)10(8-12-13)7-9(2)3/h8-9,14H,4-7H2,1-3H3. The first kappa shape index (κ1) is 11.1. The normalized spacial score (nSPS) is 11.1. The maximum Gasteiger partial charge on any atom is 0.212 e. The number of aryl methyl sites for hydroxylation is 1. The Bertz CT molecular complexity index is 279. The molecule has 0 aliphatic heterocycles. The van der Waals surface area contributed by atoms with Gasteiger partial charge in [-0.2, -0.15) is 5.10 Å². The average Bonchev–Trinajstić information content (AvgIpc) is 2.45. The van der Waals surface area contributed by atoms with E-state index in [9.17, 15) is 5.11 Å². The van der Waals surface area contributed by atoms with Crippen molar-refractivity contribution >= 4 is 0 Å². The van der Waals surface area contributed by atoms with Crippen molar-refractivity contribution in [1.82, 2.24) is 9.78 Å². The van der Waals surface area contributed by atoms with Crippen LogP contribution in [0.15, 0.2) is 6.20 Å². The van der Waals surface area contributed by atoms with Crippen molar-refractivity contribution in [2.75, 3.05) is 0 Å². The van der Waals surface area contributed by atoms with Crippen LogP contribution in [0.4, 0.5) is 0 Å². The molecule has 1 aromatic heterocycles. The summed E-state index contributed by atoms with van der Waals surface area (Å²) in [5.74, 6) is 0.914. The minimum Gasteiger partial charge on any atom is -0.493 e. The van der Waals surface area contributed by atoms with Crippen molar-refractivity contribution in [3.8, 4) is 5.88 Å². The maximum absolute atomic E-state index is 9.80. The summed E-state index contributed by atoms with van der Waals surface area (Å²) < 4.78 is 1.70. The number of aromatic hydroxyl groups is 1. The molecule has 0 bridgehead atoms. The van der Waals surface area contributed by atoms with Crippen LogP contribution in [0.5, 0.6) is 5.88 Å². The van der Waals surface area contributed by atoms with Crippen LogP contribution in [0.2, 0.25) is 0 Å². The summed E-state index contributed by atoms with van der Waals surface area (Å²) in [5, 5.41) is 14.0. The highest BCUT2D eigenvalue weighted by atomic mass is 16.3. The third-order valence-electron chi connectivity index (χ3n) is 2.24. The van der Waals surface area contributed by atoms with Gasteiger partial charge in [0.15, 0.2) is 0 Å². The lowest BCUT2D eigenvalue weighted by Crippen LogP contribution is -1.99. The SMILES string of the molecule is CCCCn1ncc(CC(C)C)c1O. The van der Waals surface area contributed by atoms with E-state index in [4.69, 9.17) is 0 Å². The summed E-state index contributed by atoms with van der Waals surface area (Å²) >= 11 is 0. The zero-order valence-electron chi connectivity index (χ0n) is 9.32. The van der Waals surface area contributed by atoms with E-state index in [0.717, 1.165) is 31.4 Å². The van der Waals surface area contributed by atoms with Crippen LogP contribution in [0.3, 0.4) is 0 Å². The van der Waals surface area contributed by atoms with Crippen LogP contribution in [-0.4, -0.2) is 14.9 Å². The highest BCUT2D eigenvalue weighted by Crippen LogP contribution is 2.20. The number of hydrogen-bond acceptors (Lipinski definition) is 2. The van der Waals surface area contributed by atoms with E-state index < -0.39 is 0 Å². The summed E-state index contributed by atoms with van der Waals surface area (Å²) in [6.45, 7) is 7.24. The van der Waals surface area contributed by atoms with Gasteiger partial charge in [0.2, 0.25) is 5.88 Å². The molecule has 0 saturated carbocycles. The summed E-state index contributed by atoms with van der Waals surface area (Å²) in [6, 6.07) is 0. The molecule has 0 unspecified atom stereocenters. The van der Waals surface area contributed by atoms with Gasteiger partial charge in [0.25, 0.3) is 0 Å². The number of rotatable bonds is 5. The quantitative estimate of drug-likeness (QED) is 0.786. The third-order valence-corrected chi connectivity index (χ3v) is 2.24. The number of unbranched alkanes of at least 4 members (excludes halogenated alkanes) is 1. The Morgan fingerprint density at radius 3 is 2.79 bits per heavy atom. The largest absolute Gasteiger partial charge is 0.493 e. The molecule has 80 valence electrons. The van der Waals surface area contributed by atoms with E-state index in [2.05, 4.69) is 25.9 Å². The molecule has 1 aromatic rings. The van der Waals surface area contributed by atoms with Crippen molar-refractivity contribution in [2.24, 2.45) is 5.92 Å². The second-order valence-electron chi connectivity index (χ2n) is 4.17. The van der Waals surface area contributed by atoms with Crippen molar-refractivity contribution in [3.05, 3.63) is 11.8 Å². The van der Waals surface area contributed by atoms with Crippen LogP contribution in [0.25, 0.3) is 0 Å². The Morgan fingerprint density at radius 1 is 1.50 bits per heavy atom. The molecule has 0 spiro atoms. The van der Waals surface area contributed by atoms with Gasteiger partial charge in [-0.15, -0.1) is 0 Å². The molecular formula is C11H20N2O. The summed E-state index contributed by atoms with van der Waals surface area (Å²) in [7, 11) is 0. The molecule has 0 aliphatic rings. The van der Waals surface area contributed by atoms with Crippen LogP contribution in [-0.2, 0) is 13.0 Å². The lowest BCUT2D eigenvalue weighted by atomic mass is 10.1. The number of hydrogen-bond donors (Lipinski definition) is 1. The second kappa shape index (κ2) is 5.03. The molecule has 14 heavy (non-hydrogen) atoms. The van der Waals surface area contributed by atoms with E-state index in [1.54, 1.807) is 10.9 Å². The van der Waals surface area contributed by atoms with Crippen molar-refractivity contribution in [2.45, 2.75) is 46.6 Å². The molecule has 0 aliphatic carbocycles. The van der Waals surface area contributed by atoms with Gasteiger partial charge < -0.3 is 5.11 Å². The van der Waals surface area contributed by atoms with Gasteiger partial charge >= 0.3 is 0 Å². The Morgan fingerprint density at radius 2 is 2.21 bits per heavy atom. The van der Waals surface area contributed by atoms with E-state index in [-0.39, 0.29) is 0 Å². The second-order valence-corrected chi connectivity index (χ2v) is 4.17. The van der Waals surface area contributed by atoms with E-state index in [0.29, 0.717) is 11.8 Å². The number of nitrogens with zero attached hydrogens (tertiary/aromatic N) is 2. The lowest BCUT2D eigenvalue weighted by Gasteiger charge is -2.04. The Hall–Kier alpha value is -0.990. The van der Waals surface area contributed by atoms with Crippen molar-refractivity contribution < 1.29 is 5.11 Å². The first-order valence-corrected chi connectivity index (χ1v) is 5.38. The first-order valence-electron chi connectivity index (χ1n) is 5.38. The molecule has 0 fully saturated rings. The summed E-state index contributed by atoms with van der Waals surface area (Å²) in [5.41, 5.74) is 0.969. The molecule has 3 heteroatoms. The molecule has 0 amide bonds. The highest BCUT2D eigenvalue weighted by molar-refractivity contribution is 5.22. The Labute approximate surface area is 85.8 Å².